The first-order chi connectivity index (χ1) is 14.0. The molecule has 0 saturated heterocycles. The lowest BCUT2D eigenvalue weighted by molar-refractivity contribution is -0.156. The number of carbonyl (C=O) groups is 1. The lowest BCUT2D eigenvalue weighted by Gasteiger charge is -2.63. The van der Waals surface area contributed by atoms with Crippen molar-refractivity contribution in [1.82, 2.24) is 0 Å². The van der Waals surface area contributed by atoms with E-state index in [2.05, 4.69) is 62.0 Å². The summed E-state index contributed by atoms with van der Waals surface area (Å²) in [6.07, 6.45) is 3.01. The Morgan fingerprint density at radius 2 is 1.76 bits per heavy atom. The van der Waals surface area contributed by atoms with Gasteiger partial charge < -0.3 is 9.84 Å². The van der Waals surface area contributed by atoms with Gasteiger partial charge in [0.1, 0.15) is 5.78 Å². The number of carbonyl (C=O) groups excluding carboxylic acids is 1. The van der Waals surface area contributed by atoms with Gasteiger partial charge in [-0.2, -0.15) is 0 Å². The molecule has 1 N–H and O–H groups in total. The first-order valence-corrected chi connectivity index (χ1v) is 10.6. The molecule has 6 rings (SSSR count). The molecule has 4 atom stereocenters. The second-order valence-corrected chi connectivity index (χ2v) is 8.97. The van der Waals surface area contributed by atoms with Crippen LogP contribution in [-0.2, 0) is 14.9 Å². The Balaban J connectivity index is 1.91. The first-order valence-electron chi connectivity index (χ1n) is 10.6. The van der Waals surface area contributed by atoms with Gasteiger partial charge in [0, 0.05) is 31.3 Å². The normalized spacial score (nSPS) is 35.4. The minimum Gasteiger partial charge on any atom is -0.389 e. The zero-order valence-corrected chi connectivity index (χ0v) is 17.1. The third kappa shape index (κ3) is 2.18. The minimum atomic E-state index is -0.940. The SMILES string of the molecule is C=CC[C@@]1(O)CCC(=O)[C@H]2[C@@H]1C1c3ccccc3C2([C@H](C)OC)c2ccccc21. The van der Waals surface area contributed by atoms with Crippen molar-refractivity contribution in [2.75, 3.05) is 7.11 Å². The summed E-state index contributed by atoms with van der Waals surface area (Å²) in [5.41, 5.74) is 3.31. The number of Topliss-reactive ketones (excluding diaryl/α,β-unsaturated/α-hetero) is 1. The van der Waals surface area contributed by atoms with E-state index in [1.165, 1.54) is 22.3 Å². The second-order valence-electron chi connectivity index (χ2n) is 8.97. The molecule has 0 heterocycles. The van der Waals surface area contributed by atoms with Gasteiger partial charge in [0.05, 0.1) is 17.1 Å². The van der Waals surface area contributed by atoms with E-state index in [9.17, 15) is 9.90 Å². The van der Waals surface area contributed by atoms with Crippen LogP contribution in [-0.4, -0.2) is 29.7 Å². The van der Waals surface area contributed by atoms with Crippen molar-refractivity contribution in [2.24, 2.45) is 11.8 Å². The maximum Gasteiger partial charge on any atom is 0.137 e. The number of methoxy groups -OCH3 is 1. The van der Waals surface area contributed by atoms with Crippen LogP contribution < -0.4 is 0 Å². The summed E-state index contributed by atoms with van der Waals surface area (Å²) in [6.45, 7) is 5.98. The Morgan fingerprint density at radius 3 is 2.31 bits per heavy atom. The van der Waals surface area contributed by atoms with Gasteiger partial charge in [-0.25, -0.2) is 0 Å². The number of hydrogen-bond acceptors (Lipinski definition) is 3. The summed E-state index contributed by atoms with van der Waals surface area (Å²) in [5.74, 6) is -0.218. The summed E-state index contributed by atoms with van der Waals surface area (Å²) in [4.78, 5) is 13.6. The summed E-state index contributed by atoms with van der Waals surface area (Å²) >= 11 is 0. The molecule has 0 aliphatic heterocycles. The predicted molar refractivity (Wildman–Crippen MR) is 113 cm³/mol. The Morgan fingerprint density at radius 1 is 1.17 bits per heavy atom. The Kier molecular flexibility index (Phi) is 4.13. The fraction of sp³-hybridized carbons (Fsp3) is 0.423. The molecule has 2 bridgehead atoms. The number of benzene rings is 2. The largest absolute Gasteiger partial charge is 0.389 e. The van der Waals surface area contributed by atoms with Gasteiger partial charge in [0.2, 0.25) is 0 Å². The van der Waals surface area contributed by atoms with Crippen LogP contribution in [0.2, 0.25) is 0 Å². The number of rotatable bonds is 4. The molecule has 0 aromatic heterocycles. The number of ketones is 1. The molecule has 2 aromatic carbocycles. The molecule has 0 spiro atoms. The van der Waals surface area contributed by atoms with Crippen LogP contribution in [0.5, 0.6) is 0 Å². The molecular formula is C26H28O3. The van der Waals surface area contributed by atoms with Gasteiger partial charge in [0.15, 0.2) is 0 Å². The van der Waals surface area contributed by atoms with Crippen LogP contribution in [0.3, 0.4) is 0 Å². The van der Waals surface area contributed by atoms with Gasteiger partial charge in [0.25, 0.3) is 0 Å². The third-order valence-electron chi connectivity index (χ3n) is 7.96. The Hall–Kier alpha value is -2.23. The van der Waals surface area contributed by atoms with E-state index >= 15 is 0 Å². The zero-order valence-electron chi connectivity index (χ0n) is 17.1. The molecule has 2 aromatic rings. The lowest BCUT2D eigenvalue weighted by Crippen LogP contribution is -2.66. The Bertz CT molecular complexity index is 945. The topological polar surface area (TPSA) is 46.5 Å². The summed E-state index contributed by atoms with van der Waals surface area (Å²) < 4.78 is 5.99. The molecular weight excluding hydrogens is 360 g/mol. The number of aliphatic hydroxyl groups is 1. The standard InChI is InChI=1S/C26H28O3/c1-4-14-25(28)15-13-21(27)23-24(25)22-17-9-5-7-11-19(17)26(23,16(2)29-3)20-12-8-6-10-18(20)22/h4-12,16,22-24,28H,1,13-15H2,2-3H3/t16-,22?,23-,24-,25+,26?/m0/s1. The highest BCUT2D eigenvalue weighted by Crippen LogP contribution is 2.67. The van der Waals surface area contributed by atoms with Crippen LogP contribution in [0.15, 0.2) is 61.2 Å². The van der Waals surface area contributed by atoms with Crippen molar-refractivity contribution in [2.45, 2.75) is 49.2 Å². The molecule has 3 nitrogen and oxygen atoms in total. The van der Waals surface area contributed by atoms with Crippen LogP contribution in [0, 0.1) is 11.8 Å². The van der Waals surface area contributed by atoms with Crippen molar-refractivity contribution in [3.05, 3.63) is 83.4 Å². The summed E-state index contributed by atoms with van der Waals surface area (Å²) in [7, 11) is 1.73. The van der Waals surface area contributed by atoms with Gasteiger partial charge in [-0.05, 0) is 42.0 Å². The van der Waals surface area contributed by atoms with Crippen molar-refractivity contribution in [1.29, 1.82) is 0 Å². The van der Waals surface area contributed by atoms with Gasteiger partial charge in [-0.1, -0.05) is 54.6 Å². The molecule has 1 fully saturated rings. The van der Waals surface area contributed by atoms with Crippen LogP contribution in [0.25, 0.3) is 0 Å². The predicted octanol–water partition coefficient (Wildman–Crippen LogP) is 4.37. The molecule has 4 aliphatic rings. The number of ether oxygens (including phenoxy) is 1. The van der Waals surface area contributed by atoms with E-state index in [1.54, 1.807) is 13.2 Å². The maximum atomic E-state index is 13.6. The van der Waals surface area contributed by atoms with Gasteiger partial charge in [-0.3, -0.25) is 4.79 Å². The molecule has 3 heteroatoms. The number of hydrogen-bond donors (Lipinski definition) is 1. The minimum absolute atomic E-state index is 0.00697. The van der Waals surface area contributed by atoms with Crippen molar-refractivity contribution in [3.8, 4) is 0 Å². The van der Waals surface area contributed by atoms with Gasteiger partial charge >= 0.3 is 0 Å². The molecule has 29 heavy (non-hydrogen) atoms. The maximum absolute atomic E-state index is 13.6. The van der Waals surface area contributed by atoms with Crippen molar-refractivity contribution in [3.63, 3.8) is 0 Å². The quantitative estimate of drug-likeness (QED) is 0.791. The summed E-state index contributed by atoms with van der Waals surface area (Å²) in [5, 5.41) is 11.9. The average molecular weight is 389 g/mol. The molecule has 150 valence electrons. The van der Waals surface area contributed by atoms with E-state index in [-0.39, 0.29) is 29.6 Å². The van der Waals surface area contributed by atoms with E-state index < -0.39 is 11.0 Å². The average Bonchev–Trinajstić information content (AvgIpc) is 2.75. The highest BCUT2D eigenvalue weighted by molar-refractivity contribution is 5.88. The van der Waals surface area contributed by atoms with Crippen LogP contribution in [0.4, 0.5) is 0 Å². The van der Waals surface area contributed by atoms with Crippen LogP contribution in [0.1, 0.15) is 54.4 Å². The molecule has 0 unspecified atom stereocenters. The summed E-state index contributed by atoms with van der Waals surface area (Å²) in [6, 6.07) is 16.9. The zero-order chi connectivity index (χ0) is 20.4. The van der Waals surface area contributed by atoms with E-state index in [4.69, 9.17) is 4.74 Å². The molecule has 0 radical (unpaired) electrons. The van der Waals surface area contributed by atoms with E-state index in [0.29, 0.717) is 19.3 Å². The first kappa shape index (κ1) is 18.8. The third-order valence-corrected chi connectivity index (χ3v) is 7.96. The second kappa shape index (κ2) is 6.38. The van der Waals surface area contributed by atoms with Gasteiger partial charge in [-0.15, -0.1) is 6.58 Å². The highest BCUT2D eigenvalue weighted by Gasteiger charge is 2.68. The highest BCUT2D eigenvalue weighted by atomic mass is 16.5. The molecule has 4 aliphatic carbocycles. The van der Waals surface area contributed by atoms with E-state index in [1.807, 2.05) is 0 Å². The monoisotopic (exact) mass is 388 g/mol. The fourth-order valence-electron chi connectivity index (χ4n) is 6.90. The van der Waals surface area contributed by atoms with Crippen molar-refractivity contribution >= 4 is 5.78 Å². The molecule has 1 saturated carbocycles. The molecule has 0 amide bonds. The Labute approximate surface area is 172 Å². The fourth-order valence-corrected chi connectivity index (χ4v) is 6.90. The van der Waals surface area contributed by atoms with Crippen LogP contribution >= 0.6 is 0 Å². The van der Waals surface area contributed by atoms with E-state index in [0.717, 1.165) is 0 Å². The van der Waals surface area contributed by atoms with Crippen molar-refractivity contribution < 1.29 is 14.6 Å². The lowest BCUT2D eigenvalue weighted by atomic mass is 9.40. The smallest absolute Gasteiger partial charge is 0.137 e.